The van der Waals surface area contributed by atoms with Gasteiger partial charge >= 0.3 is 0 Å². The summed E-state index contributed by atoms with van der Waals surface area (Å²) in [6, 6.07) is 15.0. The van der Waals surface area contributed by atoms with Gasteiger partial charge < -0.3 is 5.11 Å². The van der Waals surface area contributed by atoms with Gasteiger partial charge in [-0.2, -0.15) is 0 Å². The third-order valence-corrected chi connectivity index (χ3v) is 2.94. The molecule has 0 aliphatic heterocycles. The van der Waals surface area contributed by atoms with Gasteiger partial charge in [-0.1, -0.05) is 30.3 Å². The lowest BCUT2D eigenvalue weighted by atomic mass is 10.1. The van der Waals surface area contributed by atoms with Gasteiger partial charge in [-0.05, 0) is 25.1 Å². The Morgan fingerprint density at radius 1 is 0.889 bits per heavy atom. The van der Waals surface area contributed by atoms with Crippen LogP contribution in [0.25, 0.3) is 22.3 Å². The Morgan fingerprint density at radius 3 is 2.44 bits per heavy atom. The standard InChI is InChI=1S/C15H12N2O/c1-10-11-6-2-4-8-13(11)17-15(16-10)12-7-3-5-9-14(12)18/h2-9,18H,1H3. The number of benzene rings is 2. The maximum atomic E-state index is 9.85. The number of nitrogens with zero attached hydrogens (tertiary/aromatic N) is 2. The molecule has 88 valence electrons. The Morgan fingerprint density at radius 2 is 1.61 bits per heavy atom. The summed E-state index contributed by atoms with van der Waals surface area (Å²) in [6.07, 6.45) is 0. The molecule has 0 saturated heterocycles. The van der Waals surface area contributed by atoms with E-state index in [0.717, 1.165) is 16.6 Å². The molecule has 0 amide bonds. The third-order valence-electron chi connectivity index (χ3n) is 2.94. The predicted octanol–water partition coefficient (Wildman–Crippen LogP) is 3.31. The van der Waals surface area contributed by atoms with Gasteiger partial charge in [0.1, 0.15) is 5.75 Å². The van der Waals surface area contributed by atoms with Crippen molar-refractivity contribution in [2.75, 3.05) is 0 Å². The molecule has 1 N–H and O–H groups in total. The molecule has 0 aliphatic carbocycles. The average molecular weight is 236 g/mol. The smallest absolute Gasteiger partial charge is 0.163 e. The summed E-state index contributed by atoms with van der Waals surface area (Å²) < 4.78 is 0. The minimum absolute atomic E-state index is 0.201. The van der Waals surface area contributed by atoms with Crippen LogP contribution in [0.2, 0.25) is 0 Å². The van der Waals surface area contributed by atoms with Crippen LogP contribution in [-0.2, 0) is 0 Å². The van der Waals surface area contributed by atoms with E-state index in [1.165, 1.54) is 0 Å². The number of phenolic OH excluding ortho intramolecular Hbond substituents is 1. The molecule has 3 aromatic rings. The molecule has 1 heterocycles. The van der Waals surface area contributed by atoms with Crippen molar-refractivity contribution in [1.82, 2.24) is 9.97 Å². The number of aryl methyl sites for hydroxylation is 1. The molecule has 0 spiro atoms. The van der Waals surface area contributed by atoms with E-state index in [4.69, 9.17) is 0 Å². The fourth-order valence-corrected chi connectivity index (χ4v) is 2.02. The number of phenols is 1. The van der Waals surface area contributed by atoms with Gasteiger partial charge in [0.05, 0.1) is 11.1 Å². The first kappa shape index (κ1) is 10.7. The zero-order chi connectivity index (χ0) is 12.5. The molecule has 1 aromatic heterocycles. The third kappa shape index (κ3) is 1.70. The van der Waals surface area contributed by atoms with Gasteiger partial charge in [0.2, 0.25) is 0 Å². The first-order valence-electron chi connectivity index (χ1n) is 5.77. The van der Waals surface area contributed by atoms with Crippen molar-refractivity contribution in [3.8, 4) is 17.1 Å². The van der Waals surface area contributed by atoms with Gasteiger partial charge in [0, 0.05) is 11.1 Å². The van der Waals surface area contributed by atoms with Crippen molar-refractivity contribution >= 4 is 10.9 Å². The van der Waals surface area contributed by atoms with Crippen molar-refractivity contribution in [1.29, 1.82) is 0 Å². The quantitative estimate of drug-likeness (QED) is 0.705. The predicted molar refractivity (Wildman–Crippen MR) is 71.4 cm³/mol. The first-order valence-corrected chi connectivity index (χ1v) is 5.77. The Kier molecular flexibility index (Phi) is 2.45. The van der Waals surface area contributed by atoms with Crippen molar-refractivity contribution in [2.45, 2.75) is 6.92 Å². The molecular formula is C15H12N2O. The summed E-state index contributed by atoms with van der Waals surface area (Å²) in [5.41, 5.74) is 2.47. The monoisotopic (exact) mass is 236 g/mol. The first-order chi connectivity index (χ1) is 8.75. The SMILES string of the molecule is Cc1nc(-c2ccccc2O)nc2ccccc12. The lowest BCUT2D eigenvalue weighted by Crippen LogP contribution is -1.94. The molecule has 3 nitrogen and oxygen atoms in total. The molecule has 3 rings (SSSR count). The fraction of sp³-hybridized carbons (Fsp3) is 0.0667. The second kappa shape index (κ2) is 4.11. The van der Waals surface area contributed by atoms with E-state index in [0.29, 0.717) is 11.4 Å². The van der Waals surface area contributed by atoms with Gasteiger partial charge in [0.25, 0.3) is 0 Å². The van der Waals surface area contributed by atoms with Crippen molar-refractivity contribution in [3.63, 3.8) is 0 Å². The van der Waals surface area contributed by atoms with Crippen LogP contribution >= 0.6 is 0 Å². The second-order valence-electron chi connectivity index (χ2n) is 4.17. The van der Waals surface area contributed by atoms with Gasteiger partial charge in [-0.3, -0.25) is 0 Å². The van der Waals surface area contributed by atoms with Crippen LogP contribution in [0, 0.1) is 6.92 Å². The number of aromatic hydroxyl groups is 1. The Bertz CT molecular complexity index is 723. The minimum Gasteiger partial charge on any atom is -0.507 e. The van der Waals surface area contributed by atoms with Crippen LogP contribution in [-0.4, -0.2) is 15.1 Å². The van der Waals surface area contributed by atoms with E-state index in [-0.39, 0.29) is 5.75 Å². The van der Waals surface area contributed by atoms with Gasteiger partial charge in [0.15, 0.2) is 5.82 Å². The summed E-state index contributed by atoms with van der Waals surface area (Å²) >= 11 is 0. The molecule has 0 unspecified atom stereocenters. The molecule has 18 heavy (non-hydrogen) atoms. The molecule has 3 heteroatoms. The molecule has 2 aromatic carbocycles. The highest BCUT2D eigenvalue weighted by atomic mass is 16.3. The summed E-state index contributed by atoms with van der Waals surface area (Å²) in [7, 11) is 0. The highest BCUT2D eigenvalue weighted by Crippen LogP contribution is 2.27. The maximum Gasteiger partial charge on any atom is 0.163 e. The zero-order valence-corrected chi connectivity index (χ0v) is 9.96. The summed E-state index contributed by atoms with van der Waals surface area (Å²) in [4.78, 5) is 8.96. The number of para-hydroxylation sites is 2. The van der Waals surface area contributed by atoms with Crippen molar-refractivity contribution in [2.24, 2.45) is 0 Å². The fourth-order valence-electron chi connectivity index (χ4n) is 2.02. The van der Waals surface area contributed by atoms with E-state index in [1.807, 2.05) is 43.3 Å². The number of rotatable bonds is 1. The number of fused-ring (bicyclic) bond motifs is 1. The van der Waals surface area contributed by atoms with E-state index in [1.54, 1.807) is 12.1 Å². The van der Waals surface area contributed by atoms with Crippen LogP contribution in [0.1, 0.15) is 5.69 Å². The topological polar surface area (TPSA) is 46.0 Å². The van der Waals surface area contributed by atoms with Gasteiger partial charge in [-0.15, -0.1) is 0 Å². The van der Waals surface area contributed by atoms with E-state index >= 15 is 0 Å². The van der Waals surface area contributed by atoms with Gasteiger partial charge in [-0.25, -0.2) is 9.97 Å². The van der Waals surface area contributed by atoms with E-state index in [2.05, 4.69) is 9.97 Å². The largest absolute Gasteiger partial charge is 0.507 e. The number of hydrogen-bond donors (Lipinski definition) is 1. The highest BCUT2D eigenvalue weighted by molar-refractivity contribution is 5.83. The molecule has 0 saturated carbocycles. The molecule has 0 aliphatic rings. The minimum atomic E-state index is 0.201. The highest BCUT2D eigenvalue weighted by Gasteiger charge is 2.09. The Hall–Kier alpha value is -2.42. The van der Waals surface area contributed by atoms with Crippen molar-refractivity contribution < 1.29 is 5.11 Å². The summed E-state index contributed by atoms with van der Waals surface area (Å²) in [5.74, 6) is 0.761. The van der Waals surface area contributed by atoms with Crippen LogP contribution in [0.3, 0.4) is 0 Å². The lowest BCUT2D eigenvalue weighted by molar-refractivity contribution is 0.477. The molecule has 0 fully saturated rings. The van der Waals surface area contributed by atoms with Crippen LogP contribution < -0.4 is 0 Å². The zero-order valence-electron chi connectivity index (χ0n) is 9.96. The van der Waals surface area contributed by atoms with Crippen LogP contribution in [0.4, 0.5) is 0 Å². The Labute approximate surface area is 105 Å². The maximum absolute atomic E-state index is 9.85. The van der Waals surface area contributed by atoms with Crippen molar-refractivity contribution in [3.05, 3.63) is 54.2 Å². The average Bonchev–Trinajstić information content (AvgIpc) is 2.39. The summed E-state index contributed by atoms with van der Waals surface area (Å²) in [6.45, 7) is 1.95. The molecule has 0 atom stereocenters. The lowest BCUT2D eigenvalue weighted by Gasteiger charge is -2.06. The Balaban J connectivity index is 2.28. The molecular weight excluding hydrogens is 224 g/mol. The van der Waals surface area contributed by atoms with Crippen LogP contribution in [0.15, 0.2) is 48.5 Å². The summed E-state index contributed by atoms with van der Waals surface area (Å²) in [5, 5.41) is 10.9. The van der Waals surface area contributed by atoms with E-state index < -0.39 is 0 Å². The molecule has 0 radical (unpaired) electrons. The van der Waals surface area contributed by atoms with E-state index in [9.17, 15) is 5.11 Å². The molecule has 0 bridgehead atoms. The number of aromatic nitrogens is 2. The normalized spacial score (nSPS) is 10.7. The van der Waals surface area contributed by atoms with Crippen LogP contribution in [0.5, 0.6) is 5.75 Å². The second-order valence-corrected chi connectivity index (χ2v) is 4.17. The number of hydrogen-bond acceptors (Lipinski definition) is 3.